The second-order valence-corrected chi connectivity index (χ2v) is 6.32. The van der Waals surface area contributed by atoms with Crippen LogP contribution >= 0.6 is 11.3 Å². The molecule has 3 aromatic rings. The molecule has 0 unspecified atom stereocenters. The van der Waals surface area contributed by atoms with Crippen molar-refractivity contribution in [1.82, 2.24) is 4.98 Å². The Kier molecular flexibility index (Phi) is 3.54. The standard InChI is InChI=1S/C18H13FN2O2S/c1-10-11(6-7-15-17(10)21-16(22)8-23-15)14-9-24-18(20-14)12-4-2-3-5-13(12)19/h2-7,9H,8H2,1H3,(H,21,22). The number of halogens is 1. The zero-order valence-electron chi connectivity index (χ0n) is 12.8. The topological polar surface area (TPSA) is 51.2 Å². The van der Waals surface area contributed by atoms with Crippen LogP contribution in [0.25, 0.3) is 21.8 Å². The molecule has 4 nitrogen and oxygen atoms in total. The molecule has 0 spiro atoms. The molecule has 0 saturated heterocycles. The lowest BCUT2D eigenvalue weighted by Crippen LogP contribution is -2.26. The number of amides is 1. The number of ether oxygens (including phenoxy) is 1. The summed E-state index contributed by atoms with van der Waals surface area (Å²) >= 11 is 1.39. The molecule has 1 aliphatic rings. The molecular weight excluding hydrogens is 327 g/mol. The van der Waals surface area contributed by atoms with E-state index >= 15 is 0 Å². The summed E-state index contributed by atoms with van der Waals surface area (Å²) in [6.07, 6.45) is 0. The number of benzene rings is 2. The van der Waals surface area contributed by atoms with Gasteiger partial charge in [0.2, 0.25) is 0 Å². The fourth-order valence-electron chi connectivity index (χ4n) is 2.71. The largest absolute Gasteiger partial charge is 0.482 e. The minimum absolute atomic E-state index is 0.0277. The average molecular weight is 340 g/mol. The van der Waals surface area contributed by atoms with Gasteiger partial charge in [-0.2, -0.15) is 0 Å². The van der Waals surface area contributed by atoms with E-state index in [2.05, 4.69) is 10.3 Å². The van der Waals surface area contributed by atoms with Crippen LogP contribution < -0.4 is 10.1 Å². The van der Waals surface area contributed by atoms with E-state index in [1.807, 2.05) is 24.4 Å². The third kappa shape index (κ3) is 2.45. The fourth-order valence-corrected chi connectivity index (χ4v) is 3.56. The molecule has 6 heteroatoms. The second kappa shape index (κ2) is 5.72. The molecule has 1 aliphatic heterocycles. The first kappa shape index (κ1) is 14.8. The van der Waals surface area contributed by atoms with Crippen molar-refractivity contribution in [2.75, 3.05) is 11.9 Å². The Morgan fingerprint density at radius 2 is 2.04 bits per heavy atom. The monoisotopic (exact) mass is 340 g/mol. The van der Waals surface area contributed by atoms with Crippen molar-refractivity contribution >= 4 is 22.9 Å². The number of nitrogens with zero attached hydrogens (tertiary/aromatic N) is 1. The van der Waals surface area contributed by atoms with Gasteiger partial charge in [-0.3, -0.25) is 4.79 Å². The Balaban J connectivity index is 1.77. The van der Waals surface area contributed by atoms with Crippen LogP contribution in [0.5, 0.6) is 5.75 Å². The quantitative estimate of drug-likeness (QED) is 0.758. The number of hydrogen-bond donors (Lipinski definition) is 1. The molecule has 2 aromatic carbocycles. The highest BCUT2D eigenvalue weighted by molar-refractivity contribution is 7.13. The van der Waals surface area contributed by atoms with Gasteiger partial charge in [0.15, 0.2) is 6.61 Å². The Morgan fingerprint density at radius 3 is 2.88 bits per heavy atom. The number of thiazole rings is 1. The molecule has 0 bridgehead atoms. The van der Waals surface area contributed by atoms with E-state index < -0.39 is 0 Å². The smallest absolute Gasteiger partial charge is 0.262 e. The Labute approximate surface area is 141 Å². The number of aromatic nitrogens is 1. The van der Waals surface area contributed by atoms with Crippen molar-refractivity contribution in [1.29, 1.82) is 0 Å². The van der Waals surface area contributed by atoms with E-state index in [9.17, 15) is 9.18 Å². The lowest BCUT2D eigenvalue weighted by atomic mass is 10.0. The van der Waals surface area contributed by atoms with Crippen molar-refractivity contribution in [2.24, 2.45) is 0 Å². The van der Waals surface area contributed by atoms with Crippen LogP contribution in [-0.2, 0) is 4.79 Å². The van der Waals surface area contributed by atoms with E-state index in [1.165, 1.54) is 17.4 Å². The number of carbonyl (C=O) groups is 1. The maximum Gasteiger partial charge on any atom is 0.262 e. The number of nitrogens with one attached hydrogen (secondary N) is 1. The second-order valence-electron chi connectivity index (χ2n) is 5.47. The van der Waals surface area contributed by atoms with Crippen LogP contribution in [-0.4, -0.2) is 17.5 Å². The first-order valence-corrected chi connectivity index (χ1v) is 8.28. The van der Waals surface area contributed by atoms with Crippen LogP contribution in [0.3, 0.4) is 0 Å². The highest BCUT2D eigenvalue weighted by atomic mass is 32.1. The summed E-state index contributed by atoms with van der Waals surface area (Å²) in [7, 11) is 0. The fraction of sp³-hybridized carbons (Fsp3) is 0.111. The number of rotatable bonds is 2. The average Bonchev–Trinajstić information content (AvgIpc) is 3.06. The lowest BCUT2D eigenvalue weighted by molar-refractivity contribution is -0.118. The van der Waals surface area contributed by atoms with Gasteiger partial charge < -0.3 is 10.1 Å². The first-order chi connectivity index (χ1) is 11.6. The van der Waals surface area contributed by atoms with E-state index in [1.54, 1.807) is 18.2 Å². The lowest BCUT2D eigenvalue weighted by Gasteiger charge is -2.21. The van der Waals surface area contributed by atoms with Gasteiger partial charge in [0.05, 0.1) is 11.4 Å². The number of carbonyl (C=O) groups excluding carboxylic acids is 1. The van der Waals surface area contributed by atoms with Crippen LogP contribution in [0, 0.1) is 12.7 Å². The van der Waals surface area contributed by atoms with Crippen molar-refractivity contribution in [3.05, 3.63) is 53.2 Å². The minimum atomic E-state index is -0.291. The van der Waals surface area contributed by atoms with E-state index in [0.29, 0.717) is 22.0 Å². The van der Waals surface area contributed by atoms with Crippen molar-refractivity contribution in [3.8, 4) is 27.6 Å². The van der Waals surface area contributed by atoms with Crippen molar-refractivity contribution in [2.45, 2.75) is 6.92 Å². The molecule has 0 atom stereocenters. The van der Waals surface area contributed by atoms with E-state index in [-0.39, 0.29) is 18.3 Å². The predicted octanol–water partition coefficient (Wildman–Crippen LogP) is 4.26. The zero-order chi connectivity index (χ0) is 16.7. The molecule has 0 saturated carbocycles. The van der Waals surface area contributed by atoms with Gasteiger partial charge in [0, 0.05) is 16.5 Å². The van der Waals surface area contributed by atoms with Gasteiger partial charge >= 0.3 is 0 Å². The first-order valence-electron chi connectivity index (χ1n) is 7.40. The highest BCUT2D eigenvalue weighted by Crippen LogP contribution is 2.38. The minimum Gasteiger partial charge on any atom is -0.482 e. The Morgan fingerprint density at radius 1 is 1.21 bits per heavy atom. The molecule has 0 fully saturated rings. The number of hydrogen-bond acceptors (Lipinski definition) is 4. The Hall–Kier alpha value is -2.73. The summed E-state index contributed by atoms with van der Waals surface area (Å²) in [6, 6.07) is 10.3. The summed E-state index contributed by atoms with van der Waals surface area (Å²) in [5.41, 5.74) is 3.67. The molecule has 24 heavy (non-hydrogen) atoms. The summed E-state index contributed by atoms with van der Waals surface area (Å²) in [6.45, 7) is 1.94. The molecule has 4 rings (SSSR count). The van der Waals surface area contributed by atoms with E-state index in [0.717, 1.165) is 16.8 Å². The van der Waals surface area contributed by atoms with Crippen LogP contribution in [0.1, 0.15) is 5.56 Å². The summed E-state index contributed by atoms with van der Waals surface area (Å²) in [5, 5.41) is 5.35. The van der Waals surface area contributed by atoms with Gasteiger partial charge in [-0.25, -0.2) is 9.37 Å². The maximum atomic E-state index is 13.9. The molecule has 1 amide bonds. The molecule has 0 radical (unpaired) electrons. The Bertz CT molecular complexity index is 952. The number of anilines is 1. The third-order valence-corrected chi connectivity index (χ3v) is 4.81. The van der Waals surface area contributed by atoms with Gasteiger partial charge in [0.25, 0.3) is 5.91 Å². The molecule has 1 N–H and O–H groups in total. The van der Waals surface area contributed by atoms with Gasteiger partial charge in [-0.05, 0) is 36.8 Å². The zero-order valence-corrected chi connectivity index (χ0v) is 13.6. The summed E-state index contributed by atoms with van der Waals surface area (Å²) < 4.78 is 19.4. The predicted molar refractivity (Wildman–Crippen MR) is 91.8 cm³/mol. The molecule has 2 heterocycles. The molecular formula is C18H13FN2O2S. The van der Waals surface area contributed by atoms with Crippen molar-refractivity contribution in [3.63, 3.8) is 0 Å². The normalized spacial score (nSPS) is 13.2. The van der Waals surface area contributed by atoms with Crippen LogP contribution in [0.2, 0.25) is 0 Å². The summed E-state index contributed by atoms with van der Waals surface area (Å²) in [5.74, 6) is 0.190. The highest BCUT2D eigenvalue weighted by Gasteiger charge is 2.21. The van der Waals surface area contributed by atoms with Crippen LogP contribution in [0.4, 0.5) is 10.1 Å². The number of fused-ring (bicyclic) bond motifs is 1. The third-order valence-electron chi connectivity index (χ3n) is 3.93. The van der Waals surface area contributed by atoms with Crippen molar-refractivity contribution < 1.29 is 13.9 Å². The molecule has 120 valence electrons. The summed E-state index contributed by atoms with van der Waals surface area (Å²) in [4.78, 5) is 16.1. The van der Waals surface area contributed by atoms with Crippen LogP contribution in [0.15, 0.2) is 41.8 Å². The SMILES string of the molecule is Cc1c(-c2csc(-c3ccccc3F)n2)ccc2c1NC(=O)CO2. The van der Waals surface area contributed by atoms with E-state index in [4.69, 9.17) is 4.74 Å². The van der Waals surface area contributed by atoms with Gasteiger partial charge in [-0.1, -0.05) is 12.1 Å². The van der Waals surface area contributed by atoms with Gasteiger partial charge in [-0.15, -0.1) is 11.3 Å². The molecule has 1 aromatic heterocycles. The van der Waals surface area contributed by atoms with Gasteiger partial charge in [0.1, 0.15) is 16.6 Å². The maximum absolute atomic E-state index is 13.9. The molecule has 0 aliphatic carbocycles.